The van der Waals surface area contributed by atoms with Gasteiger partial charge < -0.3 is 18.3 Å². The zero-order chi connectivity index (χ0) is 18.8. The molecule has 138 valence electrons. The third-order valence-electron chi connectivity index (χ3n) is 4.34. The van der Waals surface area contributed by atoms with Crippen LogP contribution in [0.4, 0.5) is 0 Å². The summed E-state index contributed by atoms with van der Waals surface area (Å²) in [6.07, 6.45) is 3.96. The van der Waals surface area contributed by atoms with Gasteiger partial charge >= 0.3 is 5.97 Å². The second-order valence-electron chi connectivity index (χ2n) is 6.15. The number of rotatable bonds is 6. The van der Waals surface area contributed by atoms with Gasteiger partial charge in [-0.25, -0.2) is 0 Å². The van der Waals surface area contributed by atoms with Gasteiger partial charge in [-0.2, -0.15) is 0 Å². The highest BCUT2D eigenvalue weighted by Gasteiger charge is 2.15. The van der Waals surface area contributed by atoms with Crippen LogP contribution in [-0.4, -0.2) is 12.6 Å². The molecule has 27 heavy (non-hydrogen) atoms. The molecule has 0 fully saturated rings. The minimum Gasteiger partial charge on any atom is -0.488 e. The fraction of sp³-hybridized carbons (Fsp3) is 0.190. The van der Waals surface area contributed by atoms with E-state index in [1.165, 1.54) is 6.92 Å². The molecule has 0 aliphatic carbocycles. The molecule has 4 rings (SSSR count). The number of ether oxygens (including phenoxy) is 2. The van der Waals surface area contributed by atoms with Crippen molar-refractivity contribution in [1.29, 1.82) is 0 Å². The first-order valence-corrected chi connectivity index (χ1v) is 9.32. The summed E-state index contributed by atoms with van der Waals surface area (Å²) < 4.78 is 23.2. The van der Waals surface area contributed by atoms with Gasteiger partial charge in [0.2, 0.25) is 0 Å². The number of halogens is 1. The van der Waals surface area contributed by atoms with E-state index in [1.807, 2.05) is 36.4 Å². The topological polar surface area (TPSA) is 61.8 Å². The van der Waals surface area contributed by atoms with Crippen LogP contribution in [0.3, 0.4) is 0 Å². The second kappa shape index (κ2) is 7.48. The number of furan rings is 2. The van der Waals surface area contributed by atoms with E-state index in [2.05, 4.69) is 15.9 Å². The SMILES string of the molecule is CC(=O)OCCc1ccccc1OCc1coc2c1cc(Br)c1occc12. The maximum Gasteiger partial charge on any atom is 0.302 e. The lowest BCUT2D eigenvalue weighted by Crippen LogP contribution is -2.05. The van der Waals surface area contributed by atoms with Crippen LogP contribution in [0.1, 0.15) is 18.1 Å². The van der Waals surface area contributed by atoms with Crippen molar-refractivity contribution in [3.8, 4) is 5.75 Å². The summed E-state index contributed by atoms with van der Waals surface area (Å²) >= 11 is 3.55. The number of carbonyl (C=O) groups is 1. The number of benzene rings is 2. The predicted molar refractivity (Wildman–Crippen MR) is 105 cm³/mol. The molecule has 0 amide bonds. The fourth-order valence-corrected chi connectivity index (χ4v) is 3.59. The number of fused-ring (bicyclic) bond motifs is 3. The molecule has 0 aliphatic heterocycles. The maximum absolute atomic E-state index is 11.0. The minimum atomic E-state index is -0.283. The molecule has 4 aromatic rings. The van der Waals surface area contributed by atoms with E-state index in [1.54, 1.807) is 12.5 Å². The largest absolute Gasteiger partial charge is 0.488 e. The van der Waals surface area contributed by atoms with Crippen molar-refractivity contribution in [2.75, 3.05) is 6.61 Å². The highest BCUT2D eigenvalue weighted by atomic mass is 79.9. The van der Waals surface area contributed by atoms with Gasteiger partial charge in [0.25, 0.3) is 0 Å². The molecular weight excluding hydrogens is 412 g/mol. The normalized spacial score (nSPS) is 11.2. The van der Waals surface area contributed by atoms with Crippen molar-refractivity contribution in [1.82, 2.24) is 0 Å². The average molecular weight is 429 g/mol. The molecule has 0 radical (unpaired) electrons. The fourth-order valence-electron chi connectivity index (χ4n) is 3.06. The molecule has 5 nitrogen and oxygen atoms in total. The van der Waals surface area contributed by atoms with Gasteiger partial charge in [0.05, 0.1) is 29.0 Å². The Kier molecular flexibility index (Phi) is 4.90. The molecule has 0 atom stereocenters. The molecule has 0 saturated carbocycles. The van der Waals surface area contributed by atoms with Gasteiger partial charge in [-0.1, -0.05) is 18.2 Å². The Labute approximate surface area is 164 Å². The lowest BCUT2D eigenvalue weighted by molar-refractivity contribution is -0.140. The standard InChI is InChI=1S/C21H17BrO5/c1-13(23)24-8-6-14-4-2-3-5-19(14)26-11-15-12-27-20-16-7-9-25-21(16)18(22)10-17(15)20/h2-5,7,9-10,12H,6,8,11H2,1H3. The Morgan fingerprint density at radius 3 is 2.78 bits per heavy atom. The lowest BCUT2D eigenvalue weighted by Gasteiger charge is -2.11. The zero-order valence-electron chi connectivity index (χ0n) is 14.7. The first kappa shape index (κ1) is 17.7. The second-order valence-corrected chi connectivity index (χ2v) is 7.00. The molecule has 0 spiro atoms. The van der Waals surface area contributed by atoms with Gasteiger partial charge in [0, 0.05) is 24.3 Å². The average Bonchev–Trinajstić information content (AvgIpc) is 3.28. The van der Waals surface area contributed by atoms with Crippen LogP contribution in [0.5, 0.6) is 5.75 Å². The third kappa shape index (κ3) is 3.57. The van der Waals surface area contributed by atoms with Crippen LogP contribution in [-0.2, 0) is 22.6 Å². The third-order valence-corrected chi connectivity index (χ3v) is 4.93. The molecule has 0 bridgehead atoms. The van der Waals surface area contributed by atoms with E-state index in [9.17, 15) is 4.79 Å². The van der Waals surface area contributed by atoms with E-state index in [0.29, 0.717) is 19.6 Å². The van der Waals surface area contributed by atoms with Crippen molar-refractivity contribution in [3.05, 3.63) is 64.5 Å². The lowest BCUT2D eigenvalue weighted by atomic mass is 10.1. The minimum absolute atomic E-state index is 0.283. The summed E-state index contributed by atoms with van der Waals surface area (Å²) in [7, 11) is 0. The molecule has 0 unspecified atom stereocenters. The Morgan fingerprint density at radius 1 is 1.07 bits per heavy atom. The van der Waals surface area contributed by atoms with Gasteiger partial charge in [-0.05, 0) is 39.7 Å². The van der Waals surface area contributed by atoms with E-state index in [4.69, 9.17) is 18.3 Å². The van der Waals surface area contributed by atoms with Crippen molar-refractivity contribution in [3.63, 3.8) is 0 Å². The van der Waals surface area contributed by atoms with Gasteiger partial charge in [0.15, 0.2) is 5.58 Å². The molecule has 2 aromatic carbocycles. The Morgan fingerprint density at radius 2 is 1.93 bits per heavy atom. The number of hydrogen-bond acceptors (Lipinski definition) is 5. The molecular formula is C21H17BrO5. The van der Waals surface area contributed by atoms with Crippen molar-refractivity contribution in [2.24, 2.45) is 0 Å². The van der Waals surface area contributed by atoms with E-state index >= 15 is 0 Å². The van der Waals surface area contributed by atoms with Crippen molar-refractivity contribution >= 4 is 43.8 Å². The highest BCUT2D eigenvalue weighted by Crippen LogP contribution is 2.35. The number of hydrogen-bond donors (Lipinski definition) is 0. The van der Waals surface area contributed by atoms with E-state index in [0.717, 1.165) is 43.3 Å². The van der Waals surface area contributed by atoms with Crippen LogP contribution in [0.2, 0.25) is 0 Å². The van der Waals surface area contributed by atoms with Crippen LogP contribution < -0.4 is 4.74 Å². The van der Waals surface area contributed by atoms with Crippen LogP contribution in [0, 0.1) is 0 Å². The van der Waals surface area contributed by atoms with E-state index in [-0.39, 0.29) is 5.97 Å². The van der Waals surface area contributed by atoms with Gasteiger partial charge in [-0.3, -0.25) is 4.79 Å². The van der Waals surface area contributed by atoms with Crippen LogP contribution in [0.15, 0.2) is 62.2 Å². The summed E-state index contributed by atoms with van der Waals surface area (Å²) in [6, 6.07) is 11.6. The van der Waals surface area contributed by atoms with Crippen LogP contribution >= 0.6 is 15.9 Å². The summed E-state index contributed by atoms with van der Waals surface area (Å²) in [5.74, 6) is 0.483. The van der Waals surface area contributed by atoms with Crippen LogP contribution in [0.25, 0.3) is 21.9 Å². The smallest absolute Gasteiger partial charge is 0.302 e. The first-order chi connectivity index (χ1) is 13.1. The summed E-state index contributed by atoms with van der Waals surface area (Å²) in [4.78, 5) is 11.0. The Bertz CT molecular complexity index is 1110. The molecule has 0 aliphatic rings. The van der Waals surface area contributed by atoms with Gasteiger partial charge in [-0.15, -0.1) is 0 Å². The maximum atomic E-state index is 11.0. The highest BCUT2D eigenvalue weighted by molar-refractivity contribution is 9.10. The quantitative estimate of drug-likeness (QED) is 0.372. The number of carbonyl (C=O) groups excluding carboxylic acids is 1. The Hall–Kier alpha value is -2.73. The van der Waals surface area contributed by atoms with Gasteiger partial charge in [0.1, 0.15) is 17.9 Å². The molecule has 0 N–H and O–H groups in total. The summed E-state index contributed by atoms with van der Waals surface area (Å²) in [5.41, 5.74) is 3.48. The summed E-state index contributed by atoms with van der Waals surface area (Å²) in [5, 5.41) is 1.90. The zero-order valence-corrected chi connectivity index (χ0v) is 16.2. The summed E-state index contributed by atoms with van der Waals surface area (Å²) in [6.45, 7) is 2.10. The van der Waals surface area contributed by atoms with E-state index < -0.39 is 0 Å². The molecule has 0 saturated heterocycles. The predicted octanol–water partition coefficient (Wildman–Crippen LogP) is 5.63. The monoisotopic (exact) mass is 428 g/mol. The number of para-hydroxylation sites is 1. The van der Waals surface area contributed by atoms with Crippen molar-refractivity contribution < 1.29 is 23.1 Å². The molecule has 2 aromatic heterocycles. The molecule has 6 heteroatoms. The van der Waals surface area contributed by atoms with Crippen molar-refractivity contribution in [2.45, 2.75) is 20.0 Å². The first-order valence-electron chi connectivity index (χ1n) is 8.53. The Balaban J connectivity index is 1.56. The number of esters is 1. The molecule has 2 heterocycles.